The fourth-order valence-electron chi connectivity index (χ4n) is 6.38. The number of hydrogen-bond acceptors (Lipinski definition) is 5. The number of nitrogens with zero attached hydrogens (tertiary/aromatic N) is 3. The maximum Gasteiger partial charge on any atom is 0.239 e. The Kier molecular flexibility index (Phi) is 7.32. The average Bonchev–Trinajstić information content (AvgIpc) is 3.39. The van der Waals surface area contributed by atoms with Crippen molar-refractivity contribution in [2.45, 2.75) is 94.4 Å². The second kappa shape index (κ2) is 9.96. The molecule has 3 aliphatic heterocycles. The van der Waals surface area contributed by atoms with Gasteiger partial charge in [0.25, 0.3) is 0 Å². The predicted molar refractivity (Wildman–Crippen MR) is 116 cm³/mol. The quantitative estimate of drug-likeness (QED) is 0.707. The van der Waals surface area contributed by atoms with Crippen LogP contribution in [0.5, 0.6) is 0 Å². The minimum atomic E-state index is -0.0246. The van der Waals surface area contributed by atoms with E-state index in [1.54, 1.807) is 7.11 Å². The summed E-state index contributed by atoms with van der Waals surface area (Å²) in [6, 6.07) is 1.27. The van der Waals surface area contributed by atoms with Gasteiger partial charge < -0.3 is 15.0 Å². The number of fused-ring (bicyclic) bond motifs is 1. The van der Waals surface area contributed by atoms with Crippen molar-refractivity contribution in [2.24, 2.45) is 0 Å². The van der Waals surface area contributed by atoms with Crippen LogP contribution in [0.3, 0.4) is 0 Å². The van der Waals surface area contributed by atoms with E-state index in [-0.39, 0.29) is 36.0 Å². The number of carbonyl (C=O) groups is 2. The van der Waals surface area contributed by atoms with Gasteiger partial charge in [-0.15, -0.1) is 0 Å². The van der Waals surface area contributed by atoms with Crippen LogP contribution in [0.15, 0.2) is 0 Å². The van der Waals surface area contributed by atoms with Crippen LogP contribution >= 0.6 is 0 Å². The van der Waals surface area contributed by atoms with E-state index in [2.05, 4.69) is 22.2 Å². The Balaban J connectivity index is 1.36. The second-order valence-corrected chi connectivity index (χ2v) is 9.77. The number of nitrogens with one attached hydrogen (secondary N) is 1. The van der Waals surface area contributed by atoms with Crippen molar-refractivity contribution in [1.82, 2.24) is 20.0 Å². The molecule has 4 aliphatic rings. The summed E-state index contributed by atoms with van der Waals surface area (Å²) in [6.45, 7) is 3.16. The van der Waals surface area contributed by atoms with Gasteiger partial charge in [0.05, 0.1) is 12.6 Å². The number of rotatable bonds is 6. The molecule has 1 saturated carbocycles. The average molecular weight is 421 g/mol. The molecule has 2 amide bonds. The highest BCUT2D eigenvalue weighted by Crippen LogP contribution is 2.33. The minimum Gasteiger partial charge on any atom is -0.383 e. The fourth-order valence-corrected chi connectivity index (χ4v) is 6.38. The summed E-state index contributed by atoms with van der Waals surface area (Å²) < 4.78 is 5.30. The van der Waals surface area contributed by atoms with Crippen LogP contribution in [-0.2, 0) is 14.3 Å². The highest BCUT2D eigenvalue weighted by Gasteiger charge is 2.47. The molecule has 0 bridgehead atoms. The molecule has 0 aromatic carbocycles. The zero-order valence-electron chi connectivity index (χ0n) is 18.9. The first kappa shape index (κ1) is 22.0. The molecule has 4 fully saturated rings. The molecule has 4 rings (SSSR count). The summed E-state index contributed by atoms with van der Waals surface area (Å²) in [4.78, 5) is 32.8. The molecule has 0 aromatic rings. The molecule has 3 saturated heterocycles. The standard InChI is InChI=1S/C23H40N4O3/c1-25-18(10-11-21(28)26-13-6-9-19(26)16-30-2)15-24-23(29)22-20(25)12-14-27(22)17-7-4-3-5-8-17/h17-20,22H,3-16H2,1-2H3,(H,24,29)/t18-,19+,20+,22-/m0/s1. The molecular formula is C23H40N4O3. The van der Waals surface area contributed by atoms with Crippen molar-refractivity contribution in [1.29, 1.82) is 0 Å². The number of likely N-dealkylation sites (N-methyl/N-ethyl adjacent to an activating group) is 1. The van der Waals surface area contributed by atoms with Crippen molar-refractivity contribution in [2.75, 3.05) is 40.4 Å². The molecule has 7 heteroatoms. The smallest absolute Gasteiger partial charge is 0.239 e. The van der Waals surface area contributed by atoms with Gasteiger partial charge in [0.1, 0.15) is 6.04 Å². The van der Waals surface area contributed by atoms with Gasteiger partial charge in [-0.3, -0.25) is 19.4 Å². The highest BCUT2D eigenvalue weighted by atomic mass is 16.5. The normalized spacial score (nSPS) is 34.1. The number of hydrogen-bond donors (Lipinski definition) is 1. The van der Waals surface area contributed by atoms with Gasteiger partial charge in [-0.2, -0.15) is 0 Å². The Bertz CT molecular complexity index is 609. The van der Waals surface area contributed by atoms with Gasteiger partial charge in [-0.1, -0.05) is 19.3 Å². The van der Waals surface area contributed by atoms with Crippen LogP contribution < -0.4 is 5.32 Å². The molecule has 1 aliphatic carbocycles. The molecule has 7 nitrogen and oxygen atoms in total. The topological polar surface area (TPSA) is 65.1 Å². The third kappa shape index (κ3) is 4.53. The Hall–Kier alpha value is -1.18. The lowest BCUT2D eigenvalue weighted by molar-refractivity contribution is -0.133. The van der Waals surface area contributed by atoms with E-state index in [0.29, 0.717) is 25.6 Å². The molecule has 3 heterocycles. The number of amides is 2. The maximum atomic E-state index is 13.0. The number of likely N-dealkylation sites (tertiary alicyclic amines) is 2. The zero-order valence-corrected chi connectivity index (χ0v) is 18.9. The van der Waals surface area contributed by atoms with Gasteiger partial charge >= 0.3 is 0 Å². The SMILES string of the molecule is COC[C@H]1CCCN1C(=O)CC[C@H]1CNC(=O)[C@@H]2[C@@H](CCN2C2CCCCC2)N1C. The second-order valence-electron chi connectivity index (χ2n) is 9.77. The molecule has 0 spiro atoms. The zero-order chi connectivity index (χ0) is 21.1. The summed E-state index contributed by atoms with van der Waals surface area (Å²) in [5.74, 6) is 0.439. The number of methoxy groups -OCH3 is 1. The van der Waals surface area contributed by atoms with Crippen LogP contribution in [0.1, 0.15) is 64.2 Å². The Morgan fingerprint density at radius 1 is 1.07 bits per heavy atom. The van der Waals surface area contributed by atoms with E-state index in [1.807, 2.05) is 4.90 Å². The summed E-state index contributed by atoms with van der Waals surface area (Å²) >= 11 is 0. The third-order valence-electron chi connectivity index (χ3n) is 8.08. The highest BCUT2D eigenvalue weighted by molar-refractivity contribution is 5.83. The Morgan fingerprint density at radius 3 is 2.63 bits per heavy atom. The van der Waals surface area contributed by atoms with Gasteiger partial charge in [0.2, 0.25) is 11.8 Å². The van der Waals surface area contributed by atoms with Crippen molar-refractivity contribution in [3.8, 4) is 0 Å². The van der Waals surface area contributed by atoms with E-state index in [4.69, 9.17) is 4.74 Å². The van der Waals surface area contributed by atoms with E-state index in [9.17, 15) is 9.59 Å². The van der Waals surface area contributed by atoms with Crippen LogP contribution in [0.25, 0.3) is 0 Å². The lowest BCUT2D eigenvalue weighted by atomic mass is 9.93. The van der Waals surface area contributed by atoms with Gasteiger partial charge in [-0.25, -0.2) is 0 Å². The van der Waals surface area contributed by atoms with Gasteiger partial charge in [0.15, 0.2) is 0 Å². The van der Waals surface area contributed by atoms with Gasteiger partial charge in [0, 0.05) is 51.3 Å². The predicted octanol–water partition coefficient (Wildman–Crippen LogP) is 1.61. The summed E-state index contributed by atoms with van der Waals surface area (Å²) in [6.07, 6.45) is 10.9. The third-order valence-corrected chi connectivity index (χ3v) is 8.08. The molecule has 170 valence electrons. The van der Waals surface area contributed by atoms with Crippen molar-refractivity contribution in [3.63, 3.8) is 0 Å². The lowest BCUT2D eigenvalue weighted by Crippen LogP contribution is -2.53. The Morgan fingerprint density at radius 2 is 1.87 bits per heavy atom. The summed E-state index contributed by atoms with van der Waals surface area (Å²) in [5.41, 5.74) is 0. The van der Waals surface area contributed by atoms with E-state index < -0.39 is 0 Å². The molecule has 0 aromatic heterocycles. The lowest BCUT2D eigenvalue weighted by Gasteiger charge is -2.37. The molecule has 1 N–H and O–H groups in total. The summed E-state index contributed by atoms with van der Waals surface area (Å²) in [5, 5.41) is 3.22. The van der Waals surface area contributed by atoms with E-state index >= 15 is 0 Å². The summed E-state index contributed by atoms with van der Waals surface area (Å²) in [7, 11) is 3.87. The van der Waals surface area contributed by atoms with E-state index in [1.165, 1.54) is 32.1 Å². The van der Waals surface area contributed by atoms with E-state index in [0.717, 1.165) is 38.8 Å². The van der Waals surface area contributed by atoms with Crippen LogP contribution in [0, 0.1) is 0 Å². The molecule has 30 heavy (non-hydrogen) atoms. The Labute approximate surface area is 181 Å². The minimum absolute atomic E-state index is 0.0246. The van der Waals surface area contributed by atoms with Crippen molar-refractivity contribution < 1.29 is 14.3 Å². The first-order valence-electron chi connectivity index (χ1n) is 12.1. The van der Waals surface area contributed by atoms with Crippen molar-refractivity contribution >= 4 is 11.8 Å². The molecule has 0 radical (unpaired) electrons. The number of ether oxygens (including phenoxy) is 1. The largest absolute Gasteiger partial charge is 0.383 e. The number of carbonyl (C=O) groups excluding carboxylic acids is 2. The van der Waals surface area contributed by atoms with Gasteiger partial charge in [-0.05, 0) is 45.6 Å². The molecular weight excluding hydrogens is 380 g/mol. The van der Waals surface area contributed by atoms with Crippen LogP contribution in [0.2, 0.25) is 0 Å². The first-order chi connectivity index (χ1) is 14.6. The van der Waals surface area contributed by atoms with Crippen LogP contribution in [-0.4, -0.2) is 97.1 Å². The van der Waals surface area contributed by atoms with Crippen LogP contribution in [0.4, 0.5) is 0 Å². The molecule has 4 atom stereocenters. The monoisotopic (exact) mass is 420 g/mol. The fraction of sp³-hybridized carbons (Fsp3) is 0.913. The first-order valence-corrected chi connectivity index (χ1v) is 12.1. The molecule has 0 unspecified atom stereocenters. The van der Waals surface area contributed by atoms with Crippen molar-refractivity contribution in [3.05, 3.63) is 0 Å². The maximum absolute atomic E-state index is 13.0.